The Kier molecular flexibility index (Phi) is 8.04. The number of hydrogen-bond acceptors (Lipinski definition) is 5. The highest BCUT2D eigenvalue weighted by atomic mass is 32.2. The van der Waals surface area contributed by atoms with Crippen LogP contribution < -0.4 is 5.32 Å². The topological polar surface area (TPSA) is 104 Å². The number of benzene rings is 1. The van der Waals surface area contributed by atoms with Crippen LogP contribution in [0.1, 0.15) is 47.0 Å². The van der Waals surface area contributed by atoms with Crippen LogP contribution in [0, 0.1) is 11.8 Å². The van der Waals surface area contributed by atoms with Gasteiger partial charge in [-0.05, 0) is 49.3 Å². The van der Waals surface area contributed by atoms with E-state index in [1.165, 1.54) is 7.11 Å². The third kappa shape index (κ3) is 6.43. The Labute approximate surface area is 173 Å². The number of rotatable bonds is 10. The van der Waals surface area contributed by atoms with E-state index in [-0.39, 0.29) is 10.8 Å². The number of aromatic nitrogens is 2. The molecule has 1 heterocycles. The number of anilines is 1. The second-order valence-corrected chi connectivity index (χ2v) is 9.94. The molecule has 2 rings (SSSR count). The number of ether oxygens (including phenoxy) is 1. The molecule has 0 saturated carbocycles. The van der Waals surface area contributed by atoms with Gasteiger partial charge in [0.05, 0.1) is 23.0 Å². The zero-order valence-corrected chi connectivity index (χ0v) is 18.7. The number of fused-ring (bicyclic) bond motifs is 1. The molecule has 0 saturated heterocycles. The van der Waals surface area contributed by atoms with Gasteiger partial charge in [0, 0.05) is 13.1 Å². The Bertz CT molecular complexity index is 922. The van der Waals surface area contributed by atoms with E-state index in [1.807, 2.05) is 0 Å². The first-order valence-corrected chi connectivity index (χ1v) is 11.4. The minimum Gasteiger partial charge on any atom is -0.453 e. The number of amides is 1. The van der Waals surface area contributed by atoms with E-state index in [4.69, 9.17) is 0 Å². The van der Waals surface area contributed by atoms with E-state index in [2.05, 4.69) is 47.7 Å². The second kappa shape index (κ2) is 10.1. The lowest BCUT2D eigenvalue weighted by Crippen LogP contribution is -2.33. The molecule has 2 N–H and O–H groups in total. The zero-order chi connectivity index (χ0) is 21.6. The molecule has 2 aromatic rings. The molecule has 0 unspecified atom stereocenters. The molecule has 0 aliphatic heterocycles. The largest absolute Gasteiger partial charge is 0.453 e. The van der Waals surface area contributed by atoms with E-state index in [1.54, 1.807) is 22.5 Å². The van der Waals surface area contributed by atoms with Crippen LogP contribution in [0.3, 0.4) is 0 Å². The number of hydrogen-bond donors (Lipinski definition) is 2. The summed E-state index contributed by atoms with van der Waals surface area (Å²) in [5.41, 5.74) is 1.09. The maximum atomic E-state index is 13.3. The molecule has 162 valence electrons. The summed E-state index contributed by atoms with van der Waals surface area (Å²) in [6.07, 6.45) is 1.96. The summed E-state index contributed by atoms with van der Waals surface area (Å²) in [5, 5.41) is 2.45. The van der Waals surface area contributed by atoms with Crippen molar-refractivity contribution < 1.29 is 17.9 Å². The molecule has 29 heavy (non-hydrogen) atoms. The van der Waals surface area contributed by atoms with Crippen molar-refractivity contribution in [2.75, 3.05) is 25.5 Å². The van der Waals surface area contributed by atoms with Crippen LogP contribution in [0.25, 0.3) is 11.0 Å². The van der Waals surface area contributed by atoms with E-state index in [9.17, 15) is 13.2 Å². The van der Waals surface area contributed by atoms with Crippen molar-refractivity contribution in [2.24, 2.45) is 11.8 Å². The summed E-state index contributed by atoms with van der Waals surface area (Å²) in [4.78, 5) is 18.7. The first-order valence-electron chi connectivity index (χ1n) is 9.98. The molecule has 0 radical (unpaired) electrons. The zero-order valence-electron chi connectivity index (χ0n) is 17.9. The number of nitrogens with one attached hydrogen (secondary N) is 2. The molecule has 0 atom stereocenters. The molecule has 9 heteroatoms. The van der Waals surface area contributed by atoms with Gasteiger partial charge in [0.25, 0.3) is 0 Å². The van der Waals surface area contributed by atoms with E-state index >= 15 is 0 Å². The fraction of sp³-hybridized carbons (Fsp3) is 0.600. The molecule has 1 aromatic carbocycles. The molecule has 1 amide bonds. The van der Waals surface area contributed by atoms with Gasteiger partial charge < -0.3 is 9.72 Å². The van der Waals surface area contributed by atoms with Crippen LogP contribution in [0.4, 0.5) is 10.7 Å². The van der Waals surface area contributed by atoms with Crippen LogP contribution in [0.15, 0.2) is 23.1 Å². The fourth-order valence-corrected chi connectivity index (χ4v) is 4.46. The number of imidazole rings is 1. The maximum absolute atomic E-state index is 13.3. The number of carbonyl (C=O) groups is 1. The molecular weight excluding hydrogens is 392 g/mol. The summed E-state index contributed by atoms with van der Waals surface area (Å²) < 4.78 is 32.7. The van der Waals surface area contributed by atoms with Crippen molar-refractivity contribution in [3.05, 3.63) is 18.2 Å². The van der Waals surface area contributed by atoms with Crippen LogP contribution in [-0.2, 0) is 14.8 Å². The number of sulfonamides is 1. The van der Waals surface area contributed by atoms with E-state index in [0.717, 1.165) is 19.3 Å². The van der Waals surface area contributed by atoms with Crippen molar-refractivity contribution in [1.82, 2.24) is 14.3 Å². The Morgan fingerprint density at radius 2 is 1.86 bits per heavy atom. The first-order chi connectivity index (χ1) is 13.6. The van der Waals surface area contributed by atoms with E-state index < -0.39 is 16.1 Å². The average molecular weight is 425 g/mol. The summed E-state index contributed by atoms with van der Waals surface area (Å²) in [5.74, 6) is 1.15. The Morgan fingerprint density at radius 1 is 1.17 bits per heavy atom. The lowest BCUT2D eigenvalue weighted by atomic mass is 10.1. The van der Waals surface area contributed by atoms with Gasteiger partial charge in [0.1, 0.15) is 0 Å². The predicted octanol–water partition coefficient (Wildman–Crippen LogP) is 4.21. The standard InChI is InChI=1S/C20H32N4O4S/c1-14(2)7-6-11-24(12-10-15(3)4)29(26,27)16-8-9-17-18(13-16)22-19(21-17)23-20(25)28-5/h8-9,13-15H,6-7,10-12H2,1-5H3,(H2,21,22,23,25). The molecule has 8 nitrogen and oxygen atoms in total. The van der Waals surface area contributed by atoms with E-state index in [0.29, 0.717) is 36.0 Å². The van der Waals surface area contributed by atoms with Crippen LogP contribution in [0.5, 0.6) is 0 Å². The van der Waals surface area contributed by atoms with Gasteiger partial charge in [-0.2, -0.15) is 4.31 Å². The third-order valence-corrected chi connectivity index (χ3v) is 6.54. The molecule has 0 aliphatic carbocycles. The van der Waals surface area contributed by atoms with Gasteiger partial charge in [-0.3, -0.25) is 5.32 Å². The van der Waals surface area contributed by atoms with Gasteiger partial charge in [-0.15, -0.1) is 0 Å². The third-order valence-electron chi connectivity index (χ3n) is 4.64. The van der Waals surface area contributed by atoms with Crippen LogP contribution in [-0.4, -0.2) is 49.0 Å². The Balaban J connectivity index is 2.28. The Morgan fingerprint density at radius 3 is 2.48 bits per heavy atom. The minimum absolute atomic E-state index is 0.204. The monoisotopic (exact) mass is 424 g/mol. The quantitative estimate of drug-likeness (QED) is 0.594. The maximum Gasteiger partial charge on any atom is 0.413 e. The van der Waals surface area contributed by atoms with Gasteiger partial charge in [0.2, 0.25) is 16.0 Å². The lowest BCUT2D eigenvalue weighted by molar-refractivity contribution is 0.186. The van der Waals surface area contributed by atoms with Crippen LogP contribution in [0.2, 0.25) is 0 Å². The number of aromatic amines is 1. The Hall–Kier alpha value is -2.13. The molecular formula is C20H32N4O4S. The number of nitrogens with zero attached hydrogens (tertiary/aromatic N) is 2. The minimum atomic E-state index is -3.63. The van der Waals surface area contributed by atoms with Crippen molar-refractivity contribution >= 4 is 33.1 Å². The van der Waals surface area contributed by atoms with Crippen molar-refractivity contribution in [1.29, 1.82) is 0 Å². The van der Waals surface area contributed by atoms with Gasteiger partial charge >= 0.3 is 6.09 Å². The van der Waals surface area contributed by atoms with Gasteiger partial charge in [-0.1, -0.05) is 27.7 Å². The molecule has 1 aromatic heterocycles. The van der Waals surface area contributed by atoms with Crippen molar-refractivity contribution in [2.45, 2.75) is 51.9 Å². The number of methoxy groups -OCH3 is 1. The molecule has 0 spiro atoms. The lowest BCUT2D eigenvalue weighted by Gasteiger charge is -2.23. The average Bonchev–Trinajstić information content (AvgIpc) is 3.04. The summed E-state index contributed by atoms with van der Waals surface area (Å²) in [7, 11) is -2.37. The summed E-state index contributed by atoms with van der Waals surface area (Å²) in [6, 6.07) is 4.76. The fourth-order valence-electron chi connectivity index (χ4n) is 2.94. The van der Waals surface area contributed by atoms with Crippen molar-refractivity contribution in [3.8, 4) is 0 Å². The predicted molar refractivity (Wildman–Crippen MR) is 114 cm³/mol. The summed E-state index contributed by atoms with van der Waals surface area (Å²) >= 11 is 0. The second-order valence-electron chi connectivity index (χ2n) is 8.00. The number of H-pyrrole nitrogens is 1. The highest BCUT2D eigenvalue weighted by Crippen LogP contribution is 2.23. The molecule has 0 bridgehead atoms. The highest BCUT2D eigenvalue weighted by molar-refractivity contribution is 7.89. The summed E-state index contributed by atoms with van der Waals surface area (Å²) in [6.45, 7) is 9.45. The smallest absolute Gasteiger partial charge is 0.413 e. The van der Waals surface area contributed by atoms with Gasteiger partial charge in [0.15, 0.2) is 0 Å². The van der Waals surface area contributed by atoms with Crippen molar-refractivity contribution in [3.63, 3.8) is 0 Å². The highest BCUT2D eigenvalue weighted by Gasteiger charge is 2.25. The van der Waals surface area contributed by atoms with Crippen LogP contribution >= 0.6 is 0 Å². The first kappa shape index (κ1) is 23.2. The molecule has 0 aliphatic rings. The normalized spacial score (nSPS) is 12.3. The number of carbonyl (C=O) groups excluding carboxylic acids is 1. The van der Waals surface area contributed by atoms with Gasteiger partial charge in [-0.25, -0.2) is 18.2 Å². The molecule has 0 fully saturated rings. The SMILES string of the molecule is COC(=O)Nc1nc2ccc(S(=O)(=O)N(CCCC(C)C)CCC(C)C)cc2[nH]1.